The highest BCUT2D eigenvalue weighted by Crippen LogP contribution is 2.21. The predicted molar refractivity (Wildman–Crippen MR) is 85.5 cm³/mol. The van der Waals surface area contributed by atoms with Crippen LogP contribution < -0.4 is 15.8 Å². The van der Waals surface area contributed by atoms with Crippen molar-refractivity contribution in [3.63, 3.8) is 0 Å². The van der Waals surface area contributed by atoms with E-state index in [0.717, 1.165) is 11.1 Å². The van der Waals surface area contributed by atoms with Gasteiger partial charge in [0.1, 0.15) is 5.75 Å². The van der Waals surface area contributed by atoms with Crippen molar-refractivity contribution < 1.29 is 9.53 Å². The van der Waals surface area contributed by atoms with E-state index in [1.54, 1.807) is 13.0 Å². The fourth-order valence-electron chi connectivity index (χ4n) is 1.90. The van der Waals surface area contributed by atoms with Gasteiger partial charge in [0, 0.05) is 11.4 Å². The first kappa shape index (κ1) is 14.9. The average Bonchev–Trinajstić information content (AvgIpc) is 2.46. The van der Waals surface area contributed by atoms with Gasteiger partial charge < -0.3 is 15.8 Å². The Bertz CT molecular complexity index is 636. The van der Waals surface area contributed by atoms with Crippen LogP contribution in [0.4, 0.5) is 11.4 Å². The smallest absolute Gasteiger partial charge is 0.265 e. The molecule has 0 aliphatic carbocycles. The molecular formula is C17H20N2O2. The lowest BCUT2D eigenvalue weighted by molar-refractivity contribution is -0.122. The number of carbonyl (C=O) groups excluding carboxylic acids is 1. The largest absolute Gasteiger partial charge is 0.481 e. The van der Waals surface area contributed by atoms with Crippen molar-refractivity contribution in [1.82, 2.24) is 0 Å². The summed E-state index contributed by atoms with van der Waals surface area (Å²) >= 11 is 0. The summed E-state index contributed by atoms with van der Waals surface area (Å²) in [4.78, 5) is 12.2. The van der Waals surface area contributed by atoms with Crippen molar-refractivity contribution in [3.05, 3.63) is 53.6 Å². The lowest BCUT2D eigenvalue weighted by atomic mass is 10.1. The molecule has 3 N–H and O–H groups in total. The van der Waals surface area contributed by atoms with E-state index >= 15 is 0 Å². The van der Waals surface area contributed by atoms with Gasteiger partial charge >= 0.3 is 0 Å². The Morgan fingerprint density at radius 3 is 2.48 bits per heavy atom. The van der Waals surface area contributed by atoms with Crippen molar-refractivity contribution in [2.24, 2.45) is 0 Å². The maximum atomic E-state index is 12.2. The summed E-state index contributed by atoms with van der Waals surface area (Å²) in [6.07, 6.45) is -0.589. The average molecular weight is 284 g/mol. The Balaban J connectivity index is 2.02. The van der Waals surface area contributed by atoms with Gasteiger partial charge in [-0.05, 0) is 50.6 Å². The van der Waals surface area contributed by atoms with E-state index in [4.69, 9.17) is 10.5 Å². The summed E-state index contributed by atoms with van der Waals surface area (Å²) in [5, 5.41) is 2.84. The number of nitrogen functional groups attached to an aromatic ring is 1. The second-order valence-electron chi connectivity index (χ2n) is 5.08. The first-order chi connectivity index (χ1) is 9.97. The van der Waals surface area contributed by atoms with Crippen LogP contribution in [0.15, 0.2) is 42.5 Å². The molecule has 4 heteroatoms. The molecule has 1 atom stereocenters. The summed E-state index contributed by atoms with van der Waals surface area (Å²) in [6, 6.07) is 13.0. The number of anilines is 2. The molecule has 2 aromatic carbocycles. The third-order valence-corrected chi connectivity index (χ3v) is 3.34. The van der Waals surface area contributed by atoms with Gasteiger partial charge in [0.15, 0.2) is 6.10 Å². The van der Waals surface area contributed by atoms with Crippen LogP contribution in [-0.2, 0) is 4.79 Å². The van der Waals surface area contributed by atoms with E-state index in [9.17, 15) is 4.79 Å². The predicted octanol–water partition coefficient (Wildman–Crippen LogP) is 3.29. The van der Waals surface area contributed by atoms with Gasteiger partial charge in [-0.15, -0.1) is 0 Å². The molecule has 2 rings (SSSR count). The lowest BCUT2D eigenvalue weighted by Crippen LogP contribution is -2.30. The summed E-state index contributed by atoms with van der Waals surface area (Å²) < 4.78 is 5.63. The molecule has 0 spiro atoms. The number of ether oxygens (including phenoxy) is 1. The van der Waals surface area contributed by atoms with Crippen molar-refractivity contribution in [1.29, 1.82) is 0 Å². The highest BCUT2D eigenvalue weighted by molar-refractivity contribution is 5.95. The Hall–Kier alpha value is -2.49. The third kappa shape index (κ3) is 3.75. The number of benzene rings is 2. The number of nitrogens with two attached hydrogens (primary N) is 1. The molecule has 4 nitrogen and oxygen atoms in total. The maximum absolute atomic E-state index is 12.2. The van der Waals surface area contributed by atoms with Crippen LogP contribution in [-0.4, -0.2) is 12.0 Å². The number of hydrogen-bond acceptors (Lipinski definition) is 3. The van der Waals surface area contributed by atoms with Gasteiger partial charge in [0.05, 0.1) is 0 Å². The molecule has 0 aliphatic heterocycles. The molecule has 1 unspecified atom stereocenters. The summed E-state index contributed by atoms with van der Waals surface area (Å²) in [6.45, 7) is 5.59. The van der Waals surface area contributed by atoms with E-state index < -0.39 is 6.10 Å². The zero-order valence-corrected chi connectivity index (χ0v) is 12.5. The number of rotatable bonds is 4. The number of amides is 1. The second-order valence-corrected chi connectivity index (χ2v) is 5.08. The first-order valence-electron chi connectivity index (χ1n) is 6.86. The van der Waals surface area contributed by atoms with E-state index in [-0.39, 0.29) is 5.91 Å². The molecule has 0 saturated carbocycles. The van der Waals surface area contributed by atoms with Crippen molar-refractivity contribution >= 4 is 17.3 Å². The van der Waals surface area contributed by atoms with Crippen LogP contribution in [0.5, 0.6) is 5.75 Å². The zero-order chi connectivity index (χ0) is 15.4. The highest BCUT2D eigenvalue weighted by atomic mass is 16.5. The number of aryl methyl sites for hydroxylation is 1. The van der Waals surface area contributed by atoms with Crippen molar-refractivity contribution in [2.75, 3.05) is 11.1 Å². The zero-order valence-electron chi connectivity index (χ0n) is 12.5. The summed E-state index contributed by atoms with van der Waals surface area (Å²) in [5.74, 6) is 0.469. The van der Waals surface area contributed by atoms with Gasteiger partial charge in [0.25, 0.3) is 5.91 Å². The third-order valence-electron chi connectivity index (χ3n) is 3.34. The molecule has 0 radical (unpaired) electrons. The minimum Gasteiger partial charge on any atom is -0.481 e. The number of carbonyl (C=O) groups is 1. The van der Waals surface area contributed by atoms with E-state index in [0.29, 0.717) is 17.1 Å². The molecule has 110 valence electrons. The molecule has 0 aromatic heterocycles. The summed E-state index contributed by atoms with van der Waals surface area (Å²) in [5.41, 5.74) is 9.19. The number of hydrogen-bond donors (Lipinski definition) is 2. The van der Waals surface area contributed by atoms with Crippen LogP contribution in [0.1, 0.15) is 18.1 Å². The van der Waals surface area contributed by atoms with Gasteiger partial charge in [-0.3, -0.25) is 4.79 Å². The van der Waals surface area contributed by atoms with Crippen LogP contribution >= 0.6 is 0 Å². The highest BCUT2D eigenvalue weighted by Gasteiger charge is 2.16. The van der Waals surface area contributed by atoms with Gasteiger partial charge in [-0.1, -0.05) is 23.8 Å². The second kappa shape index (κ2) is 6.31. The molecule has 21 heavy (non-hydrogen) atoms. The van der Waals surface area contributed by atoms with Crippen LogP contribution in [0.25, 0.3) is 0 Å². The molecule has 2 aromatic rings. The standard InChI is InChI=1S/C17H20N2O2/c1-11-7-9-14(10-8-11)21-13(3)17(20)19-16-6-4-5-15(18)12(16)2/h4-10,13H,18H2,1-3H3,(H,19,20). The Morgan fingerprint density at radius 1 is 1.14 bits per heavy atom. The Morgan fingerprint density at radius 2 is 1.81 bits per heavy atom. The molecule has 0 bridgehead atoms. The first-order valence-corrected chi connectivity index (χ1v) is 6.86. The van der Waals surface area contributed by atoms with Gasteiger partial charge in [0.2, 0.25) is 0 Å². The summed E-state index contributed by atoms with van der Waals surface area (Å²) in [7, 11) is 0. The van der Waals surface area contributed by atoms with Crippen molar-refractivity contribution in [2.45, 2.75) is 26.9 Å². The molecule has 1 amide bonds. The van der Waals surface area contributed by atoms with Gasteiger partial charge in [-0.25, -0.2) is 0 Å². The fraction of sp³-hybridized carbons (Fsp3) is 0.235. The Kier molecular flexibility index (Phi) is 4.48. The maximum Gasteiger partial charge on any atom is 0.265 e. The molecule has 0 aliphatic rings. The molecule has 0 saturated heterocycles. The van der Waals surface area contributed by atoms with Crippen molar-refractivity contribution in [3.8, 4) is 5.75 Å². The number of nitrogens with one attached hydrogen (secondary N) is 1. The minimum absolute atomic E-state index is 0.204. The monoisotopic (exact) mass is 284 g/mol. The molecule has 0 heterocycles. The fourth-order valence-corrected chi connectivity index (χ4v) is 1.90. The van der Waals surface area contributed by atoms with Crippen LogP contribution in [0.3, 0.4) is 0 Å². The van der Waals surface area contributed by atoms with E-state index in [1.165, 1.54) is 0 Å². The normalized spacial score (nSPS) is 11.8. The lowest BCUT2D eigenvalue weighted by Gasteiger charge is -2.16. The SMILES string of the molecule is Cc1ccc(OC(C)C(=O)Nc2cccc(N)c2C)cc1. The molecular weight excluding hydrogens is 264 g/mol. The topological polar surface area (TPSA) is 64.3 Å². The minimum atomic E-state index is -0.589. The van der Waals surface area contributed by atoms with Crippen LogP contribution in [0, 0.1) is 13.8 Å². The van der Waals surface area contributed by atoms with E-state index in [1.807, 2.05) is 50.2 Å². The Labute approximate surface area is 124 Å². The van der Waals surface area contributed by atoms with Gasteiger partial charge in [-0.2, -0.15) is 0 Å². The quantitative estimate of drug-likeness (QED) is 0.847. The van der Waals surface area contributed by atoms with Crippen LogP contribution in [0.2, 0.25) is 0 Å². The molecule has 0 fully saturated rings. The van der Waals surface area contributed by atoms with E-state index in [2.05, 4.69) is 5.32 Å².